The Labute approximate surface area is 190 Å². The molecule has 0 aliphatic rings. The molecule has 0 unspecified atom stereocenters. The van der Waals surface area contributed by atoms with Crippen LogP contribution in [0.3, 0.4) is 0 Å². The van der Waals surface area contributed by atoms with Crippen molar-refractivity contribution in [3.05, 3.63) is 101 Å². The molecule has 0 bridgehead atoms. The summed E-state index contributed by atoms with van der Waals surface area (Å²) in [5, 5.41) is 18.5. The fourth-order valence-corrected chi connectivity index (χ4v) is 3.47. The molecule has 2 N–H and O–H groups in total. The molecule has 0 fully saturated rings. The minimum atomic E-state index is 0.110. The van der Waals surface area contributed by atoms with Gasteiger partial charge in [0.05, 0.1) is 11.4 Å². The van der Waals surface area contributed by atoms with E-state index in [1.165, 1.54) is 5.56 Å². The Morgan fingerprint density at radius 1 is 0.656 bits per heavy atom. The molecule has 3 aromatic rings. The number of pyridine rings is 1. The molecule has 3 rings (SSSR count). The van der Waals surface area contributed by atoms with Crippen molar-refractivity contribution in [3.8, 4) is 0 Å². The topological polar surface area (TPSA) is 78.1 Å². The lowest BCUT2D eigenvalue weighted by Gasteiger charge is -2.14. The number of benzene rings is 2. The average Bonchev–Trinajstić information content (AvgIpc) is 2.84. The Hall–Kier alpha value is -3.15. The lowest BCUT2D eigenvalue weighted by molar-refractivity contribution is 0.291. The molecule has 0 aliphatic heterocycles. The smallest absolute Gasteiger partial charge is 0.0933 e. The molecule has 5 heteroatoms. The summed E-state index contributed by atoms with van der Waals surface area (Å²) in [6, 6.07) is 24.5. The van der Waals surface area contributed by atoms with Gasteiger partial charge in [0.1, 0.15) is 0 Å². The maximum absolute atomic E-state index is 9.25. The number of rotatable bonds is 12. The van der Waals surface area contributed by atoms with E-state index >= 15 is 0 Å². The second-order valence-electron chi connectivity index (χ2n) is 7.54. The highest BCUT2D eigenvalue weighted by Crippen LogP contribution is 2.16. The molecule has 0 spiro atoms. The van der Waals surface area contributed by atoms with Crippen molar-refractivity contribution in [1.82, 2.24) is 4.98 Å². The molecule has 0 amide bonds. The van der Waals surface area contributed by atoms with Crippen LogP contribution < -0.4 is 0 Å². The van der Waals surface area contributed by atoms with Crippen LogP contribution in [0.15, 0.2) is 89.0 Å². The van der Waals surface area contributed by atoms with Gasteiger partial charge in [-0.1, -0.05) is 60.7 Å². The molecule has 0 saturated heterocycles. The van der Waals surface area contributed by atoms with Gasteiger partial charge in [-0.3, -0.25) is 15.0 Å². The summed E-state index contributed by atoms with van der Waals surface area (Å²) in [4.78, 5) is 14.4. The first-order valence-electron chi connectivity index (χ1n) is 11.1. The Morgan fingerprint density at radius 3 is 1.75 bits per heavy atom. The number of aromatic nitrogens is 1. The summed E-state index contributed by atoms with van der Waals surface area (Å²) in [7, 11) is 0. The maximum atomic E-state index is 9.25. The normalized spacial score (nSPS) is 12.2. The third-order valence-corrected chi connectivity index (χ3v) is 5.06. The largest absolute Gasteiger partial charge is 0.396 e. The molecule has 0 atom stereocenters. The van der Waals surface area contributed by atoms with E-state index < -0.39 is 0 Å². The van der Waals surface area contributed by atoms with Crippen molar-refractivity contribution in [2.75, 3.05) is 26.3 Å². The highest BCUT2D eigenvalue weighted by molar-refractivity contribution is 6.12. The summed E-state index contributed by atoms with van der Waals surface area (Å²) in [6.07, 6.45) is 4.36. The van der Waals surface area contributed by atoms with E-state index in [0.717, 1.165) is 28.2 Å². The minimum absolute atomic E-state index is 0.110. The van der Waals surface area contributed by atoms with Gasteiger partial charge >= 0.3 is 0 Å². The van der Waals surface area contributed by atoms with Crippen molar-refractivity contribution < 1.29 is 10.2 Å². The number of aliphatic hydroxyl groups is 2. The van der Waals surface area contributed by atoms with Crippen LogP contribution in [0.1, 0.15) is 35.2 Å². The third kappa shape index (κ3) is 7.22. The molecule has 32 heavy (non-hydrogen) atoms. The van der Waals surface area contributed by atoms with Gasteiger partial charge in [-0.15, -0.1) is 0 Å². The van der Waals surface area contributed by atoms with Gasteiger partial charge in [-0.2, -0.15) is 0 Å². The van der Waals surface area contributed by atoms with Crippen LogP contribution in [-0.4, -0.2) is 52.9 Å². The van der Waals surface area contributed by atoms with E-state index in [-0.39, 0.29) is 13.2 Å². The molecule has 166 valence electrons. The van der Waals surface area contributed by atoms with Crippen molar-refractivity contribution in [2.24, 2.45) is 9.98 Å². The quantitative estimate of drug-likeness (QED) is 0.338. The number of aliphatic hydroxyl groups excluding tert-OH is 2. The second-order valence-corrected chi connectivity index (χ2v) is 7.54. The number of hydrogen-bond acceptors (Lipinski definition) is 5. The Bertz CT molecular complexity index is 919. The predicted octanol–water partition coefficient (Wildman–Crippen LogP) is 3.91. The summed E-state index contributed by atoms with van der Waals surface area (Å²) in [5.41, 5.74) is 5.96. The van der Waals surface area contributed by atoms with Crippen LogP contribution in [-0.2, 0) is 12.8 Å². The molecule has 0 saturated carbocycles. The zero-order valence-corrected chi connectivity index (χ0v) is 18.4. The summed E-state index contributed by atoms with van der Waals surface area (Å²) in [5.74, 6) is 0. The predicted molar refractivity (Wildman–Crippen MR) is 131 cm³/mol. The SMILES string of the molecule is OCCCN=C(Cc1ccccc1)c1cccnc1C(Cc1ccccc1)=NCCCO. The first-order chi connectivity index (χ1) is 15.8. The first-order valence-corrected chi connectivity index (χ1v) is 11.1. The minimum Gasteiger partial charge on any atom is -0.396 e. The van der Waals surface area contributed by atoms with Gasteiger partial charge in [0.15, 0.2) is 0 Å². The molecule has 1 aromatic heterocycles. The summed E-state index contributed by atoms with van der Waals surface area (Å²) in [6.45, 7) is 1.33. The van der Waals surface area contributed by atoms with Crippen molar-refractivity contribution >= 4 is 11.4 Å². The molecular weight excluding hydrogens is 398 g/mol. The molecular formula is C27H31N3O2. The number of hydrogen-bond donors (Lipinski definition) is 2. The molecule has 0 radical (unpaired) electrons. The highest BCUT2D eigenvalue weighted by atomic mass is 16.3. The van der Waals surface area contributed by atoms with Gasteiger partial charge < -0.3 is 10.2 Å². The zero-order chi connectivity index (χ0) is 22.4. The molecule has 2 aromatic carbocycles. The van der Waals surface area contributed by atoms with Crippen LogP contribution in [0.25, 0.3) is 0 Å². The second kappa shape index (κ2) is 13.3. The highest BCUT2D eigenvalue weighted by Gasteiger charge is 2.16. The fourth-order valence-electron chi connectivity index (χ4n) is 3.47. The van der Waals surface area contributed by atoms with Crippen LogP contribution in [0, 0.1) is 0 Å². The zero-order valence-electron chi connectivity index (χ0n) is 18.4. The monoisotopic (exact) mass is 429 g/mol. The van der Waals surface area contributed by atoms with E-state index in [2.05, 4.69) is 30.3 Å². The van der Waals surface area contributed by atoms with Crippen molar-refractivity contribution in [3.63, 3.8) is 0 Å². The van der Waals surface area contributed by atoms with Gasteiger partial charge in [0, 0.05) is 56.6 Å². The summed E-state index contributed by atoms with van der Waals surface area (Å²) < 4.78 is 0. The molecule has 1 heterocycles. The van der Waals surface area contributed by atoms with Gasteiger partial charge in [0.25, 0.3) is 0 Å². The maximum Gasteiger partial charge on any atom is 0.0933 e. The van der Waals surface area contributed by atoms with Crippen LogP contribution >= 0.6 is 0 Å². The lowest BCUT2D eigenvalue weighted by Crippen LogP contribution is -2.17. The van der Waals surface area contributed by atoms with E-state index in [4.69, 9.17) is 15.0 Å². The first kappa shape index (κ1) is 23.5. The van der Waals surface area contributed by atoms with E-state index in [1.807, 2.05) is 42.5 Å². The standard InChI is InChI=1S/C27H31N3O2/c31-18-8-16-28-25(20-22-10-3-1-4-11-22)24-14-7-15-30-27(24)26(29-17-9-19-32)21-23-12-5-2-6-13-23/h1-7,10-15,31-32H,8-9,16-21H2. The van der Waals surface area contributed by atoms with Gasteiger partial charge in [-0.25, -0.2) is 0 Å². The average molecular weight is 430 g/mol. The van der Waals surface area contributed by atoms with E-state index in [0.29, 0.717) is 38.8 Å². The Balaban J connectivity index is 2.00. The third-order valence-electron chi connectivity index (χ3n) is 5.06. The van der Waals surface area contributed by atoms with Gasteiger partial charge in [-0.05, 0) is 36.1 Å². The van der Waals surface area contributed by atoms with E-state index in [1.54, 1.807) is 6.20 Å². The Morgan fingerprint density at radius 2 is 1.19 bits per heavy atom. The summed E-state index contributed by atoms with van der Waals surface area (Å²) >= 11 is 0. The van der Waals surface area contributed by atoms with Crippen molar-refractivity contribution in [2.45, 2.75) is 25.7 Å². The number of aliphatic imine (C=N–C) groups is 2. The van der Waals surface area contributed by atoms with Crippen LogP contribution in [0.5, 0.6) is 0 Å². The Kier molecular flexibility index (Phi) is 9.77. The molecule has 5 nitrogen and oxygen atoms in total. The fraction of sp³-hybridized carbons (Fsp3) is 0.296. The lowest BCUT2D eigenvalue weighted by atomic mass is 9.96. The van der Waals surface area contributed by atoms with Crippen molar-refractivity contribution in [1.29, 1.82) is 0 Å². The van der Waals surface area contributed by atoms with Gasteiger partial charge in [0.2, 0.25) is 0 Å². The van der Waals surface area contributed by atoms with Crippen LogP contribution in [0.4, 0.5) is 0 Å². The van der Waals surface area contributed by atoms with Crippen LogP contribution in [0.2, 0.25) is 0 Å². The molecule has 0 aliphatic carbocycles. The van der Waals surface area contributed by atoms with E-state index in [9.17, 15) is 10.2 Å². The number of nitrogens with zero attached hydrogens (tertiary/aromatic N) is 3.